The lowest BCUT2D eigenvalue weighted by molar-refractivity contribution is 0.0522. The molecule has 11 heteroatoms. The van der Waals surface area contributed by atoms with Crippen molar-refractivity contribution in [3.8, 4) is 0 Å². The molecule has 0 bridgehead atoms. The van der Waals surface area contributed by atoms with Gasteiger partial charge in [0.15, 0.2) is 5.11 Å². The third-order valence-electron chi connectivity index (χ3n) is 4.68. The van der Waals surface area contributed by atoms with Gasteiger partial charge in [-0.1, -0.05) is 6.07 Å². The number of imidazole rings is 1. The van der Waals surface area contributed by atoms with Gasteiger partial charge in [0, 0.05) is 18.1 Å². The van der Waals surface area contributed by atoms with Crippen molar-refractivity contribution in [2.24, 2.45) is 7.05 Å². The number of aromatic nitrogens is 4. The van der Waals surface area contributed by atoms with Crippen LogP contribution in [0.3, 0.4) is 0 Å². The first-order chi connectivity index (χ1) is 15.6. The maximum atomic E-state index is 12.6. The Morgan fingerprint density at radius 1 is 1.09 bits per heavy atom. The van der Waals surface area contributed by atoms with Crippen LogP contribution in [0, 0.1) is 0 Å². The minimum atomic E-state index is -0.624. The Balaban J connectivity index is 1.40. The molecule has 2 aromatic heterocycles. The minimum absolute atomic E-state index is 0.190. The predicted octanol–water partition coefficient (Wildman–Crippen LogP) is 3.34. The summed E-state index contributed by atoms with van der Waals surface area (Å²) in [5.74, 6) is -0.363. The highest BCUT2D eigenvalue weighted by Gasteiger charge is 2.20. The molecular formula is C22H23N7O3S. The Hall–Kier alpha value is -3.99. The van der Waals surface area contributed by atoms with E-state index in [-0.39, 0.29) is 11.0 Å². The minimum Gasteiger partial charge on any atom is -0.442 e. The average Bonchev–Trinajstić information content (AvgIpc) is 3.34. The normalized spacial score (nSPS) is 11.4. The van der Waals surface area contributed by atoms with Crippen LogP contribution >= 0.6 is 12.2 Å². The van der Waals surface area contributed by atoms with E-state index in [1.807, 2.05) is 17.7 Å². The summed E-state index contributed by atoms with van der Waals surface area (Å²) >= 11 is 5.28. The number of aryl methyl sites for hydroxylation is 1. The van der Waals surface area contributed by atoms with Crippen molar-refractivity contribution in [2.75, 3.05) is 5.32 Å². The molecular weight excluding hydrogens is 442 g/mol. The highest BCUT2D eigenvalue weighted by atomic mass is 32.1. The van der Waals surface area contributed by atoms with Gasteiger partial charge in [-0.25, -0.2) is 9.78 Å². The molecule has 10 nitrogen and oxygen atoms in total. The zero-order chi connectivity index (χ0) is 23.8. The molecule has 0 spiro atoms. The van der Waals surface area contributed by atoms with Crippen molar-refractivity contribution in [1.82, 2.24) is 30.2 Å². The number of rotatable bonds is 2. The summed E-state index contributed by atoms with van der Waals surface area (Å²) in [6.45, 7) is 5.38. The average molecular weight is 466 g/mol. The van der Waals surface area contributed by atoms with Gasteiger partial charge in [-0.05, 0) is 63.3 Å². The molecule has 0 fully saturated rings. The lowest BCUT2D eigenvalue weighted by Crippen LogP contribution is -2.43. The number of nitrogens with zero attached hydrogens (tertiary/aromatic N) is 4. The summed E-state index contributed by atoms with van der Waals surface area (Å²) in [5, 5.41) is 8.02. The Labute approximate surface area is 194 Å². The summed E-state index contributed by atoms with van der Waals surface area (Å²) in [6.07, 6.45) is 2.67. The number of fused-ring (bicyclic) bond motifs is 2. The number of carbonyl (C=O) groups is 2. The van der Waals surface area contributed by atoms with E-state index in [1.54, 1.807) is 63.6 Å². The van der Waals surface area contributed by atoms with Crippen LogP contribution in [0.15, 0.2) is 48.9 Å². The van der Waals surface area contributed by atoms with Crippen molar-refractivity contribution in [2.45, 2.75) is 26.4 Å². The highest BCUT2D eigenvalue weighted by Crippen LogP contribution is 2.20. The number of hydrogen-bond acceptors (Lipinski definition) is 6. The number of benzene rings is 2. The maximum absolute atomic E-state index is 12.6. The van der Waals surface area contributed by atoms with Crippen LogP contribution in [0.5, 0.6) is 0 Å². The van der Waals surface area contributed by atoms with Crippen LogP contribution in [0.4, 0.5) is 10.5 Å². The summed E-state index contributed by atoms with van der Waals surface area (Å²) < 4.78 is 8.42. The van der Waals surface area contributed by atoms with Crippen LogP contribution in [-0.4, -0.2) is 42.0 Å². The van der Waals surface area contributed by atoms with Gasteiger partial charge in [-0.2, -0.15) is 9.78 Å². The molecule has 0 saturated carbocycles. The molecule has 0 aliphatic carbocycles. The summed E-state index contributed by atoms with van der Waals surface area (Å²) in [6, 6.07) is 10.6. The van der Waals surface area contributed by atoms with E-state index in [2.05, 4.69) is 26.3 Å². The Morgan fingerprint density at radius 3 is 2.64 bits per heavy atom. The molecule has 0 atom stereocenters. The topological polar surface area (TPSA) is 115 Å². The molecule has 0 saturated heterocycles. The van der Waals surface area contributed by atoms with Gasteiger partial charge >= 0.3 is 6.09 Å². The number of para-hydroxylation sites is 1. The van der Waals surface area contributed by atoms with Gasteiger partial charge in [0.1, 0.15) is 11.1 Å². The van der Waals surface area contributed by atoms with Crippen molar-refractivity contribution in [3.63, 3.8) is 0 Å². The Bertz CT molecular complexity index is 1380. The first kappa shape index (κ1) is 22.2. The van der Waals surface area contributed by atoms with Crippen LogP contribution in [0.25, 0.3) is 21.9 Å². The first-order valence-corrected chi connectivity index (χ1v) is 10.5. The summed E-state index contributed by atoms with van der Waals surface area (Å²) in [5.41, 5.74) is 7.79. The highest BCUT2D eigenvalue weighted by molar-refractivity contribution is 7.80. The van der Waals surface area contributed by atoms with E-state index >= 15 is 0 Å². The second-order valence-electron chi connectivity index (χ2n) is 8.37. The van der Waals surface area contributed by atoms with Gasteiger partial charge in [-0.15, -0.1) is 0 Å². The maximum Gasteiger partial charge on any atom is 0.435 e. The summed E-state index contributed by atoms with van der Waals surface area (Å²) in [4.78, 5) is 29.2. The van der Waals surface area contributed by atoms with E-state index in [4.69, 9.17) is 17.0 Å². The molecule has 33 heavy (non-hydrogen) atoms. The van der Waals surface area contributed by atoms with Crippen LogP contribution < -0.4 is 16.2 Å². The number of anilines is 1. The second-order valence-corrected chi connectivity index (χ2v) is 8.78. The number of thiocarbonyl (C=S) groups is 1. The molecule has 2 aromatic carbocycles. The van der Waals surface area contributed by atoms with Crippen molar-refractivity contribution < 1.29 is 14.3 Å². The molecule has 4 rings (SSSR count). The smallest absolute Gasteiger partial charge is 0.435 e. The zero-order valence-corrected chi connectivity index (χ0v) is 19.4. The van der Waals surface area contributed by atoms with Gasteiger partial charge in [-0.3, -0.25) is 15.6 Å². The standard InChI is InChI=1S/C22H23N7O3S/c1-22(2,3)32-21(31)29-16-9-8-14(10-13(16)11-24-29)25-20(33)27-26-19(30)15-6-5-7-17-18(15)23-12-28(17)4/h5-12H,1-4H3,(H,26,30)(H2,25,27,33). The lowest BCUT2D eigenvalue weighted by atomic mass is 10.2. The number of carbonyl (C=O) groups excluding carboxylic acids is 2. The number of amides is 1. The number of hydrogen-bond donors (Lipinski definition) is 3. The molecule has 0 unspecified atom stereocenters. The Morgan fingerprint density at radius 2 is 1.88 bits per heavy atom. The molecule has 1 amide bonds. The van der Waals surface area contributed by atoms with Crippen LogP contribution in [0.2, 0.25) is 0 Å². The van der Waals surface area contributed by atoms with Gasteiger partial charge in [0.2, 0.25) is 0 Å². The van der Waals surface area contributed by atoms with E-state index in [9.17, 15) is 9.59 Å². The fraction of sp³-hybridized carbons (Fsp3) is 0.227. The fourth-order valence-electron chi connectivity index (χ4n) is 3.25. The monoisotopic (exact) mass is 465 g/mol. The summed E-state index contributed by atoms with van der Waals surface area (Å²) in [7, 11) is 1.86. The second kappa shape index (κ2) is 8.51. The van der Waals surface area contributed by atoms with E-state index in [0.717, 1.165) is 10.9 Å². The third-order valence-corrected chi connectivity index (χ3v) is 4.89. The van der Waals surface area contributed by atoms with E-state index in [1.165, 1.54) is 4.68 Å². The SMILES string of the molecule is Cn1cnc2c(C(=O)NNC(=S)Nc3ccc4c(cnn4C(=O)OC(C)(C)C)c3)cccc21. The molecule has 3 N–H and O–H groups in total. The number of ether oxygens (including phenoxy) is 1. The zero-order valence-electron chi connectivity index (χ0n) is 18.5. The van der Waals surface area contributed by atoms with Crippen molar-refractivity contribution in [3.05, 3.63) is 54.5 Å². The van der Waals surface area contributed by atoms with Gasteiger partial charge < -0.3 is 14.6 Å². The Kier molecular flexibility index (Phi) is 5.73. The van der Waals surface area contributed by atoms with Crippen molar-refractivity contribution >= 4 is 57.0 Å². The first-order valence-electron chi connectivity index (χ1n) is 10.1. The molecule has 0 aliphatic heterocycles. The van der Waals surface area contributed by atoms with Gasteiger partial charge in [0.05, 0.1) is 29.1 Å². The van der Waals surface area contributed by atoms with Gasteiger partial charge in [0.25, 0.3) is 5.91 Å². The van der Waals surface area contributed by atoms with Crippen LogP contribution in [-0.2, 0) is 11.8 Å². The van der Waals surface area contributed by atoms with E-state index < -0.39 is 11.7 Å². The predicted molar refractivity (Wildman–Crippen MR) is 129 cm³/mol. The number of hydrazine groups is 1. The fourth-order valence-corrected chi connectivity index (χ4v) is 3.41. The molecule has 4 aromatic rings. The molecule has 2 heterocycles. The van der Waals surface area contributed by atoms with Crippen molar-refractivity contribution in [1.29, 1.82) is 0 Å². The number of nitrogens with one attached hydrogen (secondary N) is 3. The van der Waals surface area contributed by atoms with Crippen LogP contribution in [0.1, 0.15) is 31.1 Å². The largest absolute Gasteiger partial charge is 0.442 e. The van der Waals surface area contributed by atoms with E-state index in [0.29, 0.717) is 22.3 Å². The molecule has 0 aliphatic rings. The molecule has 0 radical (unpaired) electrons. The third kappa shape index (κ3) is 4.77. The lowest BCUT2D eigenvalue weighted by Gasteiger charge is -2.19. The molecule has 170 valence electrons. The quantitative estimate of drug-likeness (QED) is 0.305.